The number of hydrogen-bond donors (Lipinski definition) is 2. The van der Waals surface area contributed by atoms with Crippen LogP contribution in [0.25, 0.3) is 0 Å². The summed E-state index contributed by atoms with van der Waals surface area (Å²) in [6.07, 6.45) is -2.03. The second kappa shape index (κ2) is 7.28. The lowest BCUT2D eigenvalue weighted by Crippen LogP contribution is -2.29. The fraction of sp³-hybridized carbons (Fsp3) is 0.312. The van der Waals surface area contributed by atoms with Crippen molar-refractivity contribution in [2.24, 2.45) is 5.92 Å². The standard InChI is InChI=1S/C16H13Cl2F3N4O/c17-9-3-4-12(11(18)5-9)24-15-23-7-10(13(25-15)16(19,20)21)14(26)22-6-8-1-2-8/h3-5,7-8H,1-2,6H2,(H,22,26)(H,23,24,25). The molecule has 0 unspecified atom stereocenters. The molecule has 2 aromatic rings. The highest BCUT2D eigenvalue weighted by Crippen LogP contribution is 2.33. The number of nitrogens with zero attached hydrogens (tertiary/aromatic N) is 2. The summed E-state index contributed by atoms with van der Waals surface area (Å²) in [6, 6.07) is 4.42. The van der Waals surface area contributed by atoms with Gasteiger partial charge in [-0.25, -0.2) is 9.97 Å². The van der Waals surface area contributed by atoms with E-state index in [0.29, 0.717) is 17.5 Å². The van der Waals surface area contributed by atoms with Crippen LogP contribution in [0.2, 0.25) is 10.0 Å². The highest BCUT2D eigenvalue weighted by atomic mass is 35.5. The zero-order valence-electron chi connectivity index (χ0n) is 13.2. The van der Waals surface area contributed by atoms with Gasteiger partial charge in [-0.3, -0.25) is 4.79 Å². The zero-order chi connectivity index (χ0) is 18.9. The minimum atomic E-state index is -4.81. The number of amides is 1. The lowest BCUT2D eigenvalue weighted by atomic mass is 10.2. The number of nitrogens with one attached hydrogen (secondary N) is 2. The Morgan fingerprint density at radius 2 is 2.00 bits per heavy atom. The lowest BCUT2D eigenvalue weighted by molar-refractivity contribution is -0.141. The van der Waals surface area contributed by atoms with E-state index in [9.17, 15) is 18.0 Å². The third-order valence-electron chi connectivity index (χ3n) is 3.73. The molecule has 0 bridgehead atoms. The van der Waals surface area contributed by atoms with Crippen molar-refractivity contribution in [3.8, 4) is 0 Å². The van der Waals surface area contributed by atoms with E-state index in [1.165, 1.54) is 18.2 Å². The minimum absolute atomic E-state index is 0.195. The zero-order valence-corrected chi connectivity index (χ0v) is 14.7. The van der Waals surface area contributed by atoms with Crippen LogP contribution < -0.4 is 10.6 Å². The maximum Gasteiger partial charge on any atom is 0.434 e. The summed E-state index contributed by atoms with van der Waals surface area (Å²) in [6.45, 7) is 0.344. The summed E-state index contributed by atoms with van der Waals surface area (Å²) in [5.41, 5.74) is -1.64. The van der Waals surface area contributed by atoms with Crippen LogP contribution in [0.5, 0.6) is 0 Å². The summed E-state index contributed by atoms with van der Waals surface area (Å²) < 4.78 is 40.0. The monoisotopic (exact) mass is 404 g/mol. The third-order valence-corrected chi connectivity index (χ3v) is 4.28. The Labute approximate surface area is 156 Å². The highest BCUT2D eigenvalue weighted by molar-refractivity contribution is 6.36. The Bertz CT molecular complexity index is 841. The third kappa shape index (κ3) is 4.56. The van der Waals surface area contributed by atoms with Gasteiger partial charge in [-0.1, -0.05) is 23.2 Å². The van der Waals surface area contributed by atoms with Crippen molar-refractivity contribution in [3.05, 3.63) is 45.7 Å². The molecule has 1 amide bonds. The molecule has 3 rings (SSSR count). The molecule has 0 aliphatic heterocycles. The number of aromatic nitrogens is 2. The van der Waals surface area contributed by atoms with Crippen molar-refractivity contribution in [3.63, 3.8) is 0 Å². The predicted molar refractivity (Wildman–Crippen MR) is 91.8 cm³/mol. The number of hydrogen-bond acceptors (Lipinski definition) is 4. The van der Waals surface area contributed by atoms with Crippen LogP contribution in [0.4, 0.5) is 24.8 Å². The number of anilines is 2. The van der Waals surface area contributed by atoms with Crippen LogP contribution in [0, 0.1) is 5.92 Å². The second-order valence-electron chi connectivity index (χ2n) is 5.86. The summed E-state index contributed by atoms with van der Waals surface area (Å²) in [7, 11) is 0. The number of halogens is 5. The molecule has 26 heavy (non-hydrogen) atoms. The number of benzene rings is 1. The van der Waals surface area contributed by atoms with Gasteiger partial charge in [0.2, 0.25) is 5.95 Å². The fourth-order valence-electron chi connectivity index (χ4n) is 2.19. The molecule has 0 spiro atoms. The Kier molecular flexibility index (Phi) is 5.24. The van der Waals surface area contributed by atoms with E-state index in [-0.39, 0.29) is 16.7 Å². The molecular weight excluding hydrogens is 392 g/mol. The van der Waals surface area contributed by atoms with Crippen molar-refractivity contribution in [2.75, 3.05) is 11.9 Å². The second-order valence-corrected chi connectivity index (χ2v) is 6.70. The van der Waals surface area contributed by atoms with Crippen LogP contribution in [0.3, 0.4) is 0 Å². The van der Waals surface area contributed by atoms with Gasteiger partial charge in [-0.05, 0) is 37.0 Å². The lowest BCUT2D eigenvalue weighted by Gasteiger charge is -2.14. The van der Waals surface area contributed by atoms with Crippen molar-refractivity contribution in [1.82, 2.24) is 15.3 Å². The fourth-order valence-corrected chi connectivity index (χ4v) is 2.65. The molecule has 0 radical (unpaired) electrons. The Balaban J connectivity index is 1.86. The maximum atomic E-state index is 13.3. The van der Waals surface area contributed by atoms with Gasteiger partial charge in [0, 0.05) is 17.8 Å². The van der Waals surface area contributed by atoms with Crippen LogP contribution in [0.1, 0.15) is 28.9 Å². The van der Waals surface area contributed by atoms with Gasteiger partial charge in [-0.2, -0.15) is 13.2 Å². The first-order chi connectivity index (χ1) is 12.2. The normalized spacial score (nSPS) is 14.2. The molecule has 2 N–H and O–H groups in total. The molecule has 1 heterocycles. The van der Waals surface area contributed by atoms with Gasteiger partial charge in [0.25, 0.3) is 5.91 Å². The average molecular weight is 405 g/mol. The summed E-state index contributed by atoms with van der Waals surface area (Å²) in [5.74, 6) is -0.845. The molecule has 5 nitrogen and oxygen atoms in total. The van der Waals surface area contributed by atoms with E-state index in [2.05, 4.69) is 20.6 Å². The van der Waals surface area contributed by atoms with Gasteiger partial charge in [0.1, 0.15) is 0 Å². The smallest absolute Gasteiger partial charge is 0.352 e. The van der Waals surface area contributed by atoms with Crippen molar-refractivity contribution >= 4 is 40.7 Å². The van der Waals surface area contributed by atoms with E-state index >= 15 is 0 Å². The molecule has 0 saturated heterocycles. The molecule has 1 aromatic carbocycles. The van der Waals surface area contributed by atoms with Gasteiger partial charge in [0.15, 0.2) is 5.69 Å². The SMILES string of the molecule is O=C(NCC1CC1)c1cnc(Nc2ccc(Cl)cc2Cl)nc1C(F)(F)F. The van der Waals surface area contributed by atoms with Crippen molar-refractivity contribution < 1.29 is 18.0 Å². The highest BCUT2D eigenvalue weighted by Gasteiger charge is 2.38. The minimum Gasteiger partial charge on any atom is -0.352 e. The van der Waals surface area contributed by atoms with Crippen molar-refractivity contribution in [2.45, 2.75) is 19.0 Å². The van der Waals surface area contributed by atoms with Gasteiger partial charge < -0.3 is 10.6 Å². The molecule has 0 atom stereocenters. The molecule has 1 aromatic heterocycles. The summed E-state index contributed by atoms with van der Waals surface area (Å²) >= 11 is 11.8. The predicted octanol–water partition coefficient (Wildman–Crippen LogP) is 4.69. The molecule has 10 heteroatoms. The summed E-state index contributed by atoms with van der Waals surface area (Å²) in [5, 5.41) is 5.65. The van der Waals surface area contributed by atoms with E-state index in [1.54, 1.807) is 0 Å². The molecule has 1 saturated carbocycles. The van der Waals surface area contributed by atoms with Crippen LogP contribution >= 0.6 is 23.2 Å². The molecule has 1 aliphatic rings. The largest absolute Gasteiger partial charge is 0.434 e. The summed E-state index contributed by atoms with van der Waals surface area (Å²) in [4.78, 5) is 19.3. The van der Waals surface area contributed by atoms with E-state index in [4.69, 9.17) is 23.2 Å². The van der Waals surface area contributed by atoms with E-state index < -0.39 is 23.3 Å². The van der Waals surface area contributed by atoms with Crippen LogP contribution in [0.15, 0.2) is 24.4 Å². The first-order valence-electron chi connectivity index (χ1n) is 7.68. The topological polar surface area (TPSA) is 66.9 Å². The van der Waals surface area contributed by atoms with Gasteiger partial charge in [-0.15, -0.1) is 0 Å². The van der Waals surface area contributed by atoms with E-state index in [0.717, 1.165) is 19.0 Å². The molecule has 138 valence electrons. The number of carbonyl (C=O) groups is 1. The average Bonchev–Trinajstić information content (AvgIpc) is 3.39. The Hall–Kier alpha value is -2.06. The molecule has 1 aliphatic carbocycles. The Morgan fingerprint density at radius 3 is 2.62 bits per heavy atom. The Morgan fingerprint density at radius 1 is 1.27 bits per heavy atom. The van der Waals surface area contributed by atoms with Gasteiger partial charge in [0.05, 0.1) is 16.3 Å². The number of carbonyl (C=O) groups excluding carboxylic acids is 1. The molecule has 1 fully saturated rings. The van der Waals surface area contributed by atoms with E-state index in [1.807, 2.05) is 0 Å². The van der Waals surface area contributed by atoms with Crippen LogP contribution in [-0.2, 0) is 6.18 Å². The van der Waals surface area contributed by atoms with Crippen molar-refractivity contribution in [1.29, 1.82) is 0 Å². The quantitative estimate of drug-likeness (QED) is 0.758. The first kappa shape index (κ1) is 18.7. The molecular formula is C16H13Cl2F3N4O. The number of alkyl halides is 3. The first-order valence-corrected chi connectivity index (χ1v) is 8.44. The number of rotatable bonds is 5. The van der Waals surface area contributed by atoms with Gasteiger partial charge >= 0.3 is 6.18 Å². The van der Waals surface area contributed by atoms with Crippen LogP contribution in [-0.4, -0.2) is 22.4 Å². The maximum absolute atomic E-state index is 13.3.